The molecule has 0 radical (unpaired) electrons. The van der Waals surface area contributed by atoms with Crippen LogP contribution in [0, 0.1) is 0 Å². The molecule has 0 spiro atoms. The van der Waals surface area contributed by atoms with Crippen LogP contribution in [0.4, 0.5) is 11.4 Å². The van der Waals surface area contributed by atoms with Gasteiger partial charge in [-0.1, -0.05) is 96.5 Å². The number of hydrogen-bond donors (Lipinski definition) is 4. The Balaban J connectivity index is 1.63. The number of phenols is 2. The molecule has 8 heteroatoms. The van der Waals surface area contributed by atoms with Crippen molar-refractivity contribution < 1.29 is 23.4 Å². The molecular formula is C29H44N2O5S. The van der Waals surface area contributed by atoms with Gasteiger partial charge in [0.15, 0.2) is 0 Å². The van der Waals surface area contributed by atoms with E-state index in [0.29, 0.717) is 12.1 Å². The zero-order valence-electron chi connectivity index (χ0n) is 22.2. The van der Waals surface area contributed by atoms with Crippen LogP contribution in [0.25, 0.3) is 0 Å². The summed E-state index contributed by atoms with van der Waals surface area (Å²) in [7, 11) is -3.52. The minimum absolute atomic E-state index is 0.0403. The number of phenolic OH excluding ortho intramolecular Hbond substituents is 2. The Hall–Kier alpha value is -2.74. The average Bonchev–Trinajstić information content (AvgIpc) is 2.86. The molecule has 0 saturated heterocycles. The number of unbranched alkanes of at least 4 members (excludes halogenated alkanes) is 13. The Morgan fingerprint density at radius 2 is 1.32 bits per heavy atom. The largest absolute Gasteiger partial charge is 0.508 e. The topological polar surface area (TPSA) is 116 Å². The molecule has 1 amide bonds. The highest BCUT2D eigenvalue weighted by Crippen LogP contribution is 2.28. The van der Waals surface area contributed by atoms with Gasteiger partial charge in [-0.25, -0.2) is 8.42 Å². The average molecular weight is 533 g/mol. The van der Waals surface area contributed by atoms with Crippen LogP contribution >= 0.6 is 0 Å². The summed E-state index contributed by atoms with van der Waals surface area (Å²) in [5, 5.41) is 21.9. The Morgan fingerprint density at radius 1 is 0.757 bits per heavy atom. The van der Waals surface area contributed by atoms with Gasteiger partial charge >= 0.3 is 0 Å². The first-order valence-corrected chi connectivity index (χ1v) is 15.4. The summed E-state index contributed by atoms with van der Waals surface area (Å²) in [5.41, 5.74) is 0.589. The molecule has 0 bridgehead atoms. The van der Waals surface area contributed by atoms with Gasteiger partial charge in [0.1, 0.15) is 11.5 Å². The van der Waals surface area contributed by atoms with Gasteiger partial charge in [-0.3, -0.25) is 9.52 Å². The third-order valence-electron chi connectivity index (χ3n) is 6.39. The summed E-state index contributed by atoms with van der Waals surface area (Å²) in [5.74, 6) is -0.776. The van der Waals surface area contributed by atoms with E-state index < -0.39 is 15.9 Å². The summed E-state index contributed by atoms with van der Waals surface area (Å²) in [6.45, 7) is 2.25. The predicted molar refractivity (Wildman–Crippen MR) is 152 cm³/mol. The van der Waals surface area contributed by atoms with E-state index in [1.165, 1.54) is 88.5 Å². The third kappa shape index (κ3) is 12.9. The van der Waals surface area contributed by atoms with Gasteiger partial charge in [0.05, 0.1) is 11.4 Å². The molecule has 0 aliphatic rings. The SMILES string of the molecule is CCCCCCCCCCCCCCCCS(=O)(=O)Nc1cccc(C(=O)Nc2cc(O)ccc2O)c1. The second kappa shape index (κ2) is 16.9. The van der Waals surface area contributed by atoms with Gasteiger partial charge in [-0.2, -0.15) is 0 Å². The van der Waals surface area contributed by atoms with Crippen LogP contribution in [0.3, 0.4) is 0 Å². The molecule has 0 aliphatic carbocycles. The molecule has 37 heavy (non-hydrogen) atoms. The van der Waals surface area contributed by atoms with Crippen molar-refractivity contribution >= 4 is 27.3 Å². The number of nitrogens with one attached hydrogen (secondary N) is 2. The van der Waals surface area contributed by atoms with Crippen LogP contribution in [-0.4, -0.2) is 30.3 Å². The fraction of sp³-hybridized carbons (Fsp3) is 0.552. The van der Waals surface area contributed by atoms with Crippen molar-refractivity contribution in [1.29, 1.82) is 0 Å². The molecule has 2 aromatic carbocycles. The number of rotatable bonds is 19. The van der Waals surface area contributed by atoms with Crippen LogP contribution in [0.5, 0.6) is 11.5 Å². The van der Waals surface area contributed by atoms with E-state index in [4.69, 9.17) is 0 Å². The monoisotopic (exact) mass is 532 g/mol. The zero-order valence-corrected chi connectivity index (χ0v) is 23.0. The summed E-state index contributed by atoms with van der Waals surface area (Å²) in [4.78, 5) is 12.5. The van der Waals surface area contributed by atoms with E-state index in [0.717, 1.165) is 19.3 Å². The quantitative estimate of drug-likeness (QED) is 0.0846. The van der Waals surface area contributed by atoms with Crippen molar-refractivity contribution in [2.75, 3.05) is 15.8 Å². The lowest BCUT2D eigenvalue weighted by molar-refractivity contribution is 0.102. The lowest BCUT2D eigenvalue weighted by atomic mass is 10.0. The van der Waals surface area contributed by atoms with Crippen LogP contribution in [0.15, 0.2) is 42.5 Å². The molecule has 2 aromatic rings. The highest BCUT2D eigenvalue weighted by Gasteiger charge is 2.14. The van der Waals surface area contributed by atoms with E-state index in [-0.39, 0.29) is 28.5 Å². The third-order valence-corrected chi connectivity index (χ3v) is 7.77. The second-order valence-electron chi connectivity index (χ2n) is 9.75. The molecule has 0 heterocycles. The van der Waals surface area contributed by atoms with E-state index in [1.54, 1.807) is 18.2 Å². The Bertz CT molecular complexity index is 1060. The number of sulfonamides is 1. The van der Waals surface area contributed by atoms with E-state index >= 15 is 0 Å². The molecular weight excluding hydrogens is 488 g/mol. The van der Waals surface area contributed by atoms with Crippen LogP contribution in [0.1, 0.15) is 107 Å². The highest BCUT2D eigenvalue weighted by atomic mass is 32.2. The molecule has 4 N–H and O–H groups in total. The van der Waals surface area contributed by atoms with Crippen molar-refractivity contribution in [1.82, 2.24) is 0 Å². The van der Waals surface area contributed by atoms with E-state index in [1.807, 2.05) is 0 Å². The fourth-order valence-electron chi connectivity index (χ4n) is 4.26. The number of benzene rings is 2. The predicted octanol–water partition coefficient (Wildman–Crippen LogP) is 7.57. The summed E-state index contributed by atoms with van der Waals surface area (Å²) in [6, 6.07) is 9.97. The Labute approximate surface area is 222 Å². The summed E-state index contributed by atoms with van der Waals surface area (Å²) < 4.78 is 27.5. The minimum Gasteiger partial charge on any atom is -0.508 e. The van der Waals surface area contributed by atoms with Gasteiger partial charge in [0.2, 0.25) is 10.0 Å². The van der Waals surface area contributed by atoms with E-state index in [2.05, 4.69) is 17.0 Å². The molecule has 0 fully saturated rings. The van der Waals surface area contributed by atoms with Crippen molar-refractivity contribution in [3.63, 3.8) is 0 Å². The molecule has 7 nitrogen and oxygen atoms in total. The smallest absolute Gasteiger partial charge is 0.255 e. The highest BCUT2D eigenvalue weighted by molar-refractivity contribution is 7.92. The van der Waals surface area contributed by atoms with Crippen molar-refractivity contribution in [2.24, 2.45) is 0 Å². The van der Waals surface area contributed by atoms with Gasteiger partial charge in [-0.15, -0.1) is 0 Å². The van der Waals surface area contributed by atoms with Crippen LogP contribution < -0.4 is 10.0 Å². The van der Waals surface area contributed by atoms with Gasteiger partial charge in [-0.05, 0) is 36.8 Å². The molecule has 0 saturated carbocycles. The van der Waals surface area contributed by atoms with Crippen LogP contribution in [0.2, 0.25) is 0 Å². The van der Waals surface area contributed by atoms with E-state index in [9.17, 15) is 23.4 Å². The minimum atomic E-state index is -3.52. The number of anilines is 2. The molecule has 206 valence electrons. The lowest BCUT2D eigenvalue weighted by Gasteiger charge is -2.11. The lowest BCUT2D eigenvalue weighted by Crippen LogP contribution is -2.17. The van der Waals surface area contributed by atoms with Gasteiger partial charge in [0, 0.05) is 17.3 Å². The molecule has 0 atom stereocenters. The number of carbonyl (C=O) groups excluding carboxylic acids is 1. The molecule has 2 rings (SSSR count). The molecule has 0 aliphatic heterocycles. The maximum absolute atomic E-state index is 12.5. The first-order valence-electron chi connectivity index (χ1n) is 13.7. The van der Waals surface area contributed by atoms with Gasteiger partial charge in [0.25, 0.3) is 5.91 Å². The van der Waals surface area contributed by atoms with Crippen molar-refractivity contribution in [3.8, 4) is 11.5 Å². The first-order chi connectivity index (χ1) is 17.8. The number of hydrogen-bond acceptors (Lipinski definition) is 5. The summed E-state index contributed by atoms with van der Waals surface area (Å²) in [6.07, 6.45) is 16.9. The zero-order chi connectivity index (χ0) is 26.9. The molecule has 0 unspecified atom stereocenters. The second-order valence-corrected chi connectivity index (χ2v) is 11.6. The number of carbonyl (C=O) groups is 1. The normalized spacial score (nSPS) is 11.4. The standard InChI is InChI=1S/C29H44N2O5S/c1-2-3-4-5-6-7-8-9-10-11-12-13-14-15-21-37(35,36)31-25-18-16-17-24(22-25)29(34)30-27-23-26(32)19-20-28(27)33/h16-20,22-23,31-33H,2-15,21H2,1H3,(H,30,34). The Morgan fingerprint density at radius 3 is 1.92 bits per heavy atom. The maximum atomic E-state index is 12.5. The number of aromatic hydroxyl groups is 2. The molecule has 0 aromatic heterocycles. The number of amides is 1. The van der Waals surface area contributed by atoms with Crippen LogP contribution in [-0.2, 0) is 10.0 Å². The Kier molecular flexibility index (Phi) is 13.9. The van der Waals surface area contributed by atoms with Gasteiger partial charge < -0.3 is 15.5 Å². The maximum Gasteiger partial charge on any atom is 0.255 e. The fourth-order valence-corrected chi connectivity index (χ4v) is 5.43. The van der Waals surface area contributed by atoms with Crippen molar-refractivity contribution in [2.45, 2.75) is 96.8 Å². The van der Waals surface area contributed by atoms with Crippen molar-refractivity contribution in [3.05, 3.63) is 48.0 Å². The first kappa shape index (κ1) is 30.5. The summed E-state index contributed by atoms with van der Waals surface area (Å²) >= 11 is 0.